The molecular weight excluding hydrogens is 198 g/mol. The van der Waals surface area contributed by atoms with Crippen molar-refractivity contribution in [2.45, 2.75) is 46.8 Å². The lowest BCUT2D eigenvalue weighted by atomic mass is 9.87. The molecular formula is C10H19NO4. The van der Waals surface area contributed by atoms with Gasteiger partial charge in [0, 0.05) is 0 Å². The third kappa shape index (κ3) is 5.24. The summed E-state index contributed by atoms with van der Waals surface area (Å²) in [5.41, 5.74) is -0.554. The molecule has 1 unspecified atom stereocenters. The summed E-state index contributed by atoms with van der Waals surface area (Å²) in [6, 6.07) is -0.955. The van der Waals surface area contributed by atoms with Crippen LogP contribution in [0.4, 0.5) is 4.79 Å². The fourth-order valence-corrected chi connectivity index (χ4v) is 1.01. The number of carbonyl (C=O) groups is 2. The highest BCUT2D eigenvalue weighted by atomic mass is 16.6. The first kappa shape index (κ1) is 13.7. The van der Waals surface area contributed by atoms with Gasteiger partial charge in [-0.05, 0) is 19.3 Å². The van der Waals surface area contributed by atoms with Crippen molar-refractivity contribution < 1.29 is 19.4 Å². The minimum Gasteiger partial charge on any atom is -0.480 e. The molecule has 0 rings (SSSR count). The number of amides is 1. The van der Waals surface area contributed by atoms with Crippen LogP contribution in [0.5, 0.6) is 0 Å². The maximum atomic E-state index is 11.2. The summed E-state index contributed by atoms with van der Waals surface area (Å²) < 4.78 is 4.81. The number of ether oxygens (including phenoxy) is 1. The van der Waals surface area contributed by atoms with E-state index in [1.54, 1.807) is 34.6 Å². The molecule has 5 heteroatoms. The average Bonchev–Trinajstić information content (AvgIpc) is 1.95. The minimum absolute atomic E-state index is 0.264. The Morgan fingerprint density at radius 3 is 2.00 bits per heavy atom. The molecule has 0 aliphatic heterocycles. The van der Waals surface area contributed by atoms with Gasteiger partial charge in [0.2, 0.25) is 0 Å². The van der Waals surface area contributed by atoms with E-state index in [-0.39, 0.29) is 6.10 Å². The van der Waals surface area contributed by atoms with Gasteiger partial charge in [0.25, 0.3) is 0 Å². The van der Waals surface area contributed by atoms with Crippen molar-refractivity contribution in [2.75, 3.05) is 0 Å². The number of rotatable bonds is 3. The molecule has 1 amide bonds. The Morgan fingerprint density at radius 2 is 1.73 bits per heavy atom. The predicted octanol–water partition coefficient (Wildman–Crippen LogP) is 1.62. The van der Waals surface area contributed by atoms with Crippen molar-refractivity contribution in [3.63, 3.8) is 0 Å². The van der Waals surface area contributed by atoms with Gasteiger partial charge in [-0.2, -0.15) is 0 Å². The van der Waals surface area contributed by atoms with Crippen molar-refractivity contribution in [1.82, 2.24) is 5.32 Å². The van der Waals surface area contributed by atoms with Crippen LogP contribution in [0.2, 0.25) is 0 Å². The number of carbonyl (C=O) groups excluding carboxylic acids is 1. The maximum absolute atomic E-state index is 11.2. The van der Waals surface area contributed by atoms with Crippen LogP contribution in [-0.4, -0.2) is 29.3 Å². The highest BCUT2D eigenvalue weighted by Gasteiger charge is 2.33. The normalized spacial score (nSPS) is 13.5. The standard InChI is InChI=1S/C10H19NO4/c1-6(2)15-9(14)11-7(8(12)13)10(3,4)5/h6-7H,1-5H3,(H,11,14)(H,12,13). The fraction of sp³-hybridized carbons (Fsp3) is 0.800. The molecule has 0 aliphatic rings. The van der Waals surface area contributed by atoms with Crippen LogP contribution >= 0.6 is 0 Å². The molecule has 0 fully saturated rings. The number of carboxylic acid groups (broad SMARTS) is 1. The van der Waals surface area contributed by atoms with Crippen LogP contribution in [0.1, 0.15) is 34.6 Å². The second-order valence-electron chi connectivity index (χ2n) is 4.74. The molecule has 0 saturated heterocycles. The molecule has 5 nitrogen and oxygen atoms in total. The summed E-state index contributed by atoms with van der Waals surface area (Å²) in [5, 5.41) is 11.2. The Morgan fingerprint density at radius 1 is 1.27 bits per heavy atom. The van der Waals surface area contributed by atoms with Gasteiger partial charge in [0.05, 0.1) is 6.10 Å². The second-order valence-corrected chi connectivity index (χ2v) is 4.74. The lowest BCUT2D eigenvalue weighted by Gasteiger charge is -2.27. The highest BCUT2D eigenvalue weighted by molar-refractivity contribution is 5.80. The lowest BCUT2D eigenvalue weighted by molar-refractivity contribution is -0.142. The van der Waals surface area contributed by atoms with E-state index in [1.165, 1.54) is 0 Å². The Kier molecular flexibility index (Phi) is 4.58. The number of hydrogen-bond acceptors (Lipinski definition) is 3. The molecule has 15 heavy (non-hydrogen) atoms. The molecule has 0 spiro atoms. The fourth-order valence-electron chi connectivity index (χ4n) is 1.01. The molecule has 0 aromatic heterocycles. The summed E-state index contributed by atoms with van der Waals surface area (Å²) in [6.45, 7) is 8.61. The summed E-state index contributed by atoms with van der Waals surface area (Å²) in [4.78, 5) is 22.1. The van der Waals surface area contributed by atoms with Gasteiger partial charge in [-0.1, -0.05) is 20.8 Å². The van der Waals surface area contributed by atoms with Gasteiger partial charge >= 0.3 is 12.1 Å². The second kappa shape index (κ2) is 5.00. The number of aliphatic carboxylic acids is 1. The molecule has 1 atom stereocenters. The van der Waals surface area contributed by atoms with E-state index in [0.717, 1.165) is 0 Å². The molecule has 0 aromatic carbocycles. The quantitative estimate of drug-likeness (QED) is 0.753. The summed E-state index contributed by atoms with van der Waals surface area (Å²) in [7, 11) is 0. The first-order chi connectivity index (χ1) is 6.64. The Labute approximate surface area is 89.8 Å². The monoisotopic (exact) mass is 217 g/mol. The molecule has 0 aromatic rings. The zero-order chi connectivity index (χ0) is 12.2. The summed E-state index contributed by atoms with van der Waals surface area (Å²) >= 11 is 0. The van der Waals surface area contributed by atoms with Crippen LogP contribution in [0, 0.1) is 5.41 Å². The van der Waals surface area contributed by atoms with E-state index in [1.807, 2.05) is 0 Å². The zero-order valence-electron chi connectivity index (χ0n) is 9.83. The van der Waals surface area contributed by atoms with Gasteiger partial charge in [0.1, 0.15) is 6.04 Å². The Hall–Kier alpha value is -1.26. The lowest BCUT2D eigenvalue weighted by Crippen LogP contribution is -2.49. The highest BCUT2D eigenvalue weighted by Crippen LogP contribution is 2.19. The van der Waals surface area contributed by atoms with Crippen LogP contribution in [0.3, 0.4) is 0 Å². The maximum Gasteiger partial charge on any atom is 0.408 e. The number of hydrogen-bond donors (Lipinski definition) is 2. The summed E-state index contributed by atoms with van der Waals surface area (Å²) in [6.07, 6.45) is -0.966. The van der Waals surface area contributed by atoms with Crippen LogP contribution in [-0.2, 0) is 9.53 Å². The van der Waals surface area contributed by atoms with Crippen molar-refractivity contribution in [1.29, 1.82) is 0 Å². The topological polar surface area (TPSA) is 75.6 Å². The van der Waals surface area contributed by atoms with Gasteiger partial charge in [-0.15, -0.1) is 0 Å². The zero-order valence-corrected chi connectivity index (χ0v) is 9.83. The third-order valence-corrected chi connectivity index (χ3v) is 1.72. The van der Waals surface area contributed by atoms with Gasteiger partial charge < -0.3 is 15.2 Å². The first-order valence-electron chi connectivity index (χ1n) is 4.84. The van der Waals surface area contributed by atoms with E-state index in [9.17, 15) is 9.59 Å². The molecule has 0 heterocycles. The average molecular weight is 217 g/mol. The number of carboxylic acids is 1. The smallest absolute Gasteiger partial charge is 0.408 e. The minimum atomic E-state index is -1.07. The van der Waals surface area contributed by atoms with E-state index < -0.39 is 23.5 Å². The van der Waals surface area contributed by atoms with Crippen molar-refractivity contribution in [3.8, 4) is 0 Å². The predicted molar refractivity (Wildman–Crippen MR) is 55.6 cm³/mol. The molecule has 2 N–H and O–H groups in total. The van der Waals surface area contributed by atoms with Crippen molar-refractivity contribution >= 4 is 12.1 Å². The van der Waals surface area contributed by atoms with Gasteiger partial charge in [-0.25, -0.2) is 9.59 Å². The molecule has 88 valence electrons. The Balaban J connectivity index is 4.44. The SMILES string of the molecule is CC(C)OC(=O)NC(C(=O)O)C(C)(C)C. The van der Waals surface area contributed by atoms with Crippen LogP contribution in [0.25, 0.3) is 0 Å². The molecule has 0 aliphatic carbocycles. The van der Waals surface area contributed by atoms with Crippen molar-refractivity contribution in [2.24, 2.45) is 5.41 Å². The number of alkyl carbamates (subject to hydrolysis) is 1. The molecule has 0 bridgehead atoms. The van der Waals surface area contributed by atoms with Gasteiger partial charge in [0.15, 0.2) is 0 Å². The third-order valence-electron chi connectivity index (χ3n) is 1.72. The number of nitrogens with one attached hydrogen (secondary N) is 1. The van der Waals surface area contributed by atoms with E-state index in [4.69, 9.17) is 9.84 Å². The molecule has 0 radical (unpaired) electrons. The van der Waals surface area contributed by atoms with E-state index in [2.05, 4.69) is 5.32 Å². The van der Waals surface area contributed by atoms with Gasteiger partial charge in [-0.3, -0.25) is 0 Å². The van der Waals surface area contributed by atoms with Crippen LogP contribution in [0.15, 0.2) is 0 Å². The van der Waals surface area contributed by atoms with E-state index in [0.29, 0.717) is 0 Å². The van der Waals surface area contributed by atoms with Crippen molar-refractivity contribution in [3.05, 3.63) is 0 Å². The van der Waals surface area contributed by atoms with Crippen LogP contribution < -0.4 is 5.32 Å². The summed E-state index contributed by atoms with van der Waals surface area (Å²) in [5.74, 6) is -1.07. The molecule has 0 saturated carbocycles. The Bertz CT molecular complexity index is 242. The first-order valence-corrected chi connectivity index (χ1v) is 4.84. The van der Waals surface area contributed by atoms with E-state index >= 15 is 0 Å². The largest absolute Gasteiger partial charge is 0.480 e.